The van der Waals surface area contributed by atoms with E-state index < -0.39 is 0 Å². The zero-order valence-electron chi connectivity index (χ0n) is 14.5. The number of nitrogens with one attached hydrogen (secondary N) is 1. The summed E-state index contributed by atoms with van der Waals surface area (Å²) in [6.45, 7) is 6.74. The van der Waals surface area contributed by atoms with Gasteiger partial charge in [-0.3, -0.25) is 4.79 Å². The van der Waals surface area contributed by atoms with E-state index in [1.54, 1.807) is 12.1 Å². The molecule has 4 heteroatoms. The molecule has 0 aliphatic heterocycles. The summed E-state index contributed by atoms with van der Waals surface area (Å²) < 4.78 is 11.2. The molecule has 0 radical (unpaired) electrons. The van der Waals surface area contributed by atoms with Crippen LogP contribution in [0.2, 0.25) is 0 Å². The van der Waals surface area contributed by atoms with Gasteiger partial charge in [-0.05, 0) is 62.7 Å². The Morgan fingerprint density at radius 1 is 1.08 bits per heavy atom. The van der Waals surface area contributed by atoms with Crippen molar-refractivity contribution in [2.24, 2.45) is 0 Å². The Kier molecular flexibility index (Phi) is 6.67. The molecule has 0 aromatic heterocycles. The van der Waals surface area contributed by atoms with Crippen molar-refractivity contribution in [3.05, 3.63) is 54.1 Å². The van der Waals surface area contributed by atoms with Crippen LogP contribution < -0.4 is 14.8 Å². The standard InChI is InChI=1S/C20H25NO3/c1-4-5-13-23-19-8-6-7-16(14-19)20(22)21-17-9-11-18(12-10-17)24-15(2)3/h6-12,14-15H,4-5,13H2,1-3H3,(H,21,22). The van der Waals surface area contributed by atoms with E-state index >= 15 is 0 Å². The van der Waals surface area contributed by atoms with E-state index in [1.807, 2.05) is 50.2 Å². The molecule has 0 aliphatic rings. The maximum Gasteiger partial charge on any atom is 0.255 e. The summed E-state index contributed by atoms with van der Waals surface area (Å²) in [5, 5.41) is 2.88. The summed E-state index contributed by atoms with van der Waals surface area (Å²) in [7, 11) is 0. The van der Waals surface area contributed by atoms with Gasteiger partial charge in [0.25, 0.3) is 5.91 Å². The number of hydrogen-bond donors (Lipinski definition) is 1. The molecule has 0 saturated carbocycles. The quantitative estimate of drug-likeness (QED) is 0.701. The SMILES string of the molecule is CCCCOc1cccc(C(=O)Nc2ccc(OC(C)C)cc2)c1. The minimum absolute atomic E-state index is 0.126. The smallest absolute Gasteiger partial charge is 0.255 e. The topological polar surface area (TPSA) is 47.6 Å². The van der Waals surface area contributed by atoms with Gasteiger partial charge in [0.15, 0.2) is 0 Å². The van der Waals surface area contributed by atoms with E-state index in [0.29, 0.717) is 12.2 Å². The minimum Gasteiger partial charge on any atom is -0.494 e. The molecular formula is C20H25NO3. The molecule has 2 aromatic rings. The monoisotopic (exact) mass is 327 g/mol. The number of carbonyl (C=O) groups excluding carboxylic acids is 1. The molecule has 0 atom stereocenters. The molecule has 4 nitrogen and oxygen atoms in total. The van der Waals surface area contributed by atoms with Crippen LogP contribution in [-0.4, -0.2) is 18.6 Å². The molecule has 1 N–H and O–H groups in total. The third kappa shape index (κ3) is 5.61. The van der Waals surface area contributed by atoms with Crippen molar-refractivity contribution in [2.45, 2.75) is 39.7 Å². The Bertz CT molecular complexity index is 650. The molecule has 0 heterocycles. The fraction of sp³-hybridized carbons (Fsp3) is 0.350. The van der Waals surface area contributed by atoms with Crippen molar-refractivity contribution in [1.82, 2.24) is 0 Å². The van der Waals surface area contributed by atoms with Gasteiger partial charge in [-0.25, -0.2) is 0 Å². The normalized spacial score (nSPS) is 10.5. The summed E-state index contributed by atoms with van der Waals surface area (Å²) in [5.41, 5.74) is 1.31. The minimum atomic E-state index is -0.159. The van der Waals surface area contributed by atoms with Crippen LogP contribution in [0.15, 0.2) is 48.5 Å². The van der Waals surface area contributed by atoms with Crippen molar-refractivity contribution in [3.8, 4) is 11.5 Å². The number of amides is 1. The van der Waals surface area contributed by atoms with Crippen LogP contribution in [0.5, 0.6) is 11.5 Å². The second kappa shape index (κ2) is 8.96. The molecule has 0 bridgehead atoms. The summed E-state index contributed by atoms with van der Waals surface area (Å²) in [6, 6.07) is 14.6. The number of ether oxygens (including phenoxy) is 2. The molecule has 2 aromatic carbocycles. The van der Waals surface area contributed by atoms with E-state index in [2.05, 4.69) is 12.2 Å². The molecule has 0 unspecified atom stereocenters. The Morgan fingerprint density at radius 3 is 2.50 bits per heavy atom. The number of unbranched alkanes of at least 4 members (excludes halogenated alkanes) is 1. The molecule has 2 rings (SSSR count). The number of anilines is 1. The van der Waals surface area contributed by atoms with Gasteiger partial charge in [-0.1, -0.05) is 19.4 Å². The van der Waals surface area contributed by atoms with Gasteiger partial charge in [0.05, 0.1) is 12.7 Å². The second-order valence-electron chi connectivity index (χ2n) is 5.87. The first-order valence-electron chi connectivity index (χ1n) is 8.39. The van der Waals surface area contributed by atoms with Gasteiger partial charge in [0.1, 0.15) is 11.5 Å². The lowest BCUT2D eigenvalue weighted by Crippen LogP contribution is -2.12. The maximum absolute atomic E-state index is 12.4. The summed E-state index contributed by atoms with van der Waals surface area (Å²) in [4.78, 5) is 12.4. The summed E-state index contributed by atoms with van der Waals surface area (Å²) >= 11 is 0. The largest absolute Gasteiger partial charge is 0.494 e. The predicted molar refractivity (Wildman–Crippen MR) is 97.0 cm³/mol. The Hall–Kier alpha value is -2.49. The second-order valence-corrected chi connectivity index (χ2v) is 5.87. The van der Waals surface area contributed by atoms with Crippen molar-refractivity contribution >= 4 is 11.6 Å². The molecule has 128 valence electrons. The number of benzene rings is 2. The summed E-state index contributed by atoms with van der Waals surface area (Å²) in [6.07, 6.45) is 2.21. The molecular weight excluding hydrogens is 302 g/mol. The van der Waals surface area contributed by atoms with Gasteiger partial charge in [0.2, 0.25) is 0 Å². The average molecular weight is 327 g/mol. The third-order valence-corrected chi connectivity index (χ3v) is 3.35. The molecule has 0 aliphatic carbocycles. The maximum atomic E-state index is 12.4. The molecule has 0 saturated heterocycles. The van der Waals surface area contributed by atoms with Crippen LogP contribution in [0.25, 0.3) is 0 Å². The van der Waals surface area contributed by atoms with Gasteiger partial charge < -0.3 is 14.8 Å². The Labute approximate surface area is 143 Å². The zero-order valence-corrected chi connectivity index (χ0v) is 14.5. The van der Waals surface area contributed by atoms with Crippen LogP contribution in [0.1, 0.15) is 44.0 Å². The fourth-order valence-electron chi connectivity index (χ4n) is 2.15. The van der Waals surface area contributed by atoms with E-state index in [1.165, 1.54) is 0 Å². The van der Waals surface area contributed by atoms with Gasteiger partial charge in [-0.15, -0.1) is 0 Å². The predicted octanol–water partition coefficient (Wildman–Crippen LogP) is 4.91. The van der Waals surface area contributed by atoms with E-state index in [4.69, 9.17) is 9.47 Å². The van der Waals surface area contributed by atoms with E-state index in [-0.39, 0.29) is 12.0 Å². The highest BCUT2D eigenvalue weighted by atomic mass is 16.5. The van der Waals surface area contributed by atoms with Crippen molar-refractivity contribution in [2.75, 3.05) is 11.9 Å². The first-order chi connectivity index (χ1) is 11.6. The number of hydrogen-bond acceptors (Lipinski definition) is 3. The lowest BCUT2D eigenvalue weighted by atomic mass is 10.2. The highest BCUT2D eigenvalue weighted by Gasteiger charge is 2.08. The van der Waals surface area contributed by atoms with Crippen molar-refractivity contribution < 1.29 is 14.3 Å². The van der Waals surface area contributed by atoms with Crippen LogP contribution in [0, 0.1) is 0 Å². The van der Waals surface area contributed by atoms with Gasteiger partial charge in [-0.2, -0.15) is 0 Å². The highest BCUT2D eigenvalue weighted by molar-refractivity contribution is 6.04. The summed E-state index contributed by atoms with van der Waals surface area (Å²) in [5.74, 6) is 1.35. The first-order valence-corrected chi connectivity index (χ1v) is 8.39. The lowest BCUT2D eigenvalue weighted by Gasteiger charge is -2.11. The number of rotatable bonds is 8. The average Bonchev–Trinajstić information content (AvgIpc) is 2.57. The zero-order chi connectivity index (χ0) is 17.4. The van der Waals surface area contributed by atoms with Crippen LogP contribution >= 0.6 is 0 Å². The van der Waals surface area contributed by atoms with E-state index in [9.17, 15) is 4.79 Å². The van der Waals surface area contributed by atoms with E-state index in [0.717, 1.165) is 30.0 Å². The first kappa shape index (κ1) is 17.9. The lowest BCUT2D eigenvalue weighted by molar-refractivity contribution is 0.102. The third-order valence-electron chi connectivity index (χ3n) is 3.35. The molecule has 1 amide bonds. The van der Waals surface area contributed by atoms with Gasteiger partial charge >= 0.3 is 0 Å². The highest BCUT2D eigenvalue weighted by Crippen LogP contribution is 2.19. The molecule has 24 heavy (non-hydrogen) atoms. The molecule has 0 fully saturated rings. The van der Waals surface area contributed by atoms with Gasteiger partial charge in [0, 0.05) is 11.3 Å². The molecule has 0 spiro atoms. The Morgan fingerprint density at radius 2 is 1.83 bits per heavy atom. The Balaban J connectivity index is 1.97. The van der Waals surface area contributed by atoms with Crippen LogP contribution in [0.4, 0.5) is 5.69 Å². The van der Waals surface area contributed by atoms with Crippen LogP contribution in [-0.2, 0) is 0 Å². The van der Waals surface area contributed by atoms with Crippen molar-refractivity contribution in [3.63, 3.8) is 0 Å². The number of carbonyl (C=O) groups is 1. The van der Waals surface area contributed by atoms with Crippen LogP contribution in [0.3, 0.4) is 0 Å². The van der Waals surface area contributed by atoms with Crippen molar-refractivity contribution in [1.29, 1.82) is 0 Å². The fourth-order valence-corrected chi connectivity index (χ4v) is 2.15.